The van der Waals surface area contributed by atoms with Crippen LogP contribution in [0.25, 0.3) is 0 Å². The Kier molecular flexibility index (Phi) is 34.2. The number of hydrogen-bond acceptors (Lipinski definition) is 38. The van der Waals surface area contributed by atoms with E-state index in [9.17, 15) is 19.2 Å². The third-order valence-corrected chi connectivity index (χ3v) is 24.6. The van der Waals surface area contributed by atoms with Crippen molar-refractivity contribution < 1.29 is 76.4 Å². The minimum absolute atomic E-state index is 0.0539. The van der Waals surface area contributed by atoms with Crippen molar-refractivity contribution in [2.24, 2.45) is 0 Å². The highest BCUT2D eigenvalue weighted by molar-refractivity contribution is 6.31. The van der Waals surface area contributed by atoms with Crippen molar-refractivity contribution in [1.82, 2.24) is 80.0 Å². The first-order valence-corrected chi connectivity index (χ1v) is 47.0. The smallest absolute Gasteiger partial charge is 0.410 e. The number of aromatic carboxylic acids is 1. The fraction of sp³-hybridized carbons (Fsp3) is 0.317. The number of aromatic nitrogens is 14. The summed E-state index contributed by atoms with van der Waals surface area (Å²) in [6.45, 7) is 18.1. The van der Waals surface area contributed by atoms with E-state index in [1.54, 1.807) is 150 Å². The van der Waals surface area contributed by atoms with E-state index in [-0.39, 0.29) is 45.9 Å². The number of carbonyl (C=O) groups excluding carboxylic acids is 3. The summed E-state index contributed by atoms with van der Waals surface area (Å²) in [7, 11) is 16.2. The Bertz CT molecular complexity index is 6740. The largest absolute Gasteiger partial charge is 0.493 e. The van der Waals surface area contributed by atoms with E-state index in [2.05, 4.69) is 115 Å². The molecule has 0 unspecified atom stereocenters. The van der Waals surface area contributed by atoms with Gasteiger partial charge in [0.05, 0.1) is 106 Å². The summed E-state index contributed by atoms with van der Waals surface area (Å²) < 4.78 is 59.2. The van der Waals surface area contributed by atoms with Crippen LogP contribution in [-0.2, 0) is 70.2 Å². The molecule has 0 atom stereocenters. The van der Waals surface area contributed by atoms with Gasteiger partial charge in [-0.15, -0.1) is 0 Å². The Balaban J connectivity index is 0.000000138. The second-order valence-electron chi connectivity index (χ2n) is 34.2. The van der Waals surface area contributed by atoms with Gasteiger partial charge in [-0.1, -0.05) is 11.6 Å². The lowest BCUT2D eigenvalue weighted by molar-refractivity contribution is 0.0240. The van der Waals surface area contributed by atoms with Crippen LogP contribution in [0, 0.1) is 11.3 Å². The second-order valence-corrected chi connectivity index (χ2v) is 35.3. The van der Waals surface area contributed by atoms with Gasteiger partial charge in [0, 0.05) is 167 Å². The topological polar surface area (TPSA) is 456 Å². The van der Waals surface area contributed by atoms with Crippen molar-refractivity contribution in [2.75, 3.05) is 168 Å². The summed E-state index contributed by atoms with van der Waals surface area (Å²) in [5.74, 6) is 8.70. The first-order chi connectivity index (χ1) is 70.7. The van der Waals surface area contributed by atoms with Crippen LogP contribution in [0.4, 0.5) is 56.6 Å². The molecule has 0 spiro atoms. The van der Waals surface area contributed by atoms with Gasteiger partial charge in [-0.05, 0) is 209 Å². The quantitative estimate of drug-likeness (QED) is 0.0361. The molecule has 15 heterocycles. The molecule has 758 valence electrons. The summed E-state index contributed by atoms with van der Waals surface area (Å²) in [5, 5.41) is 27.9. The molecule has 0 saturated carbocycles. The molecule has 0 aliphatic carbocycles. The Labute approximate surface area is 856 Å². The van der Waals surface area contributed by atoms with Crippen molar-refractivity contribution >= 4 is 111 Å². The Morgan fingerprint density at radius 3 is 0.938 bits per heavy atom. The van der Waals surface area contributed by atoms with E-state index < -0.39 is 17.5 Å². The fourth-order valence-electron chi connectivity index (χ4n) is 17.0. The molecule has 2 fully saturated rings. The molecule has 7 aliphatic heterocycles. The number of carboxylic acid groups (broad SMARTS) is 1. The first kappa shape index (κ1) is 104. The highest BCUT2D eigenvalue weighted by atomic mass is 35.5. The number of piperazine rings is 2. The van der Waals surface area contributed by atoms with Crippen LogP contribution in [0.1, 0.15) is 114 Å². The number of anilines is 9. The number of carbonyl (C=O) groups is 4. The minimum atomic E-state index is -1.14. The van der Waals surface area contributed by atoms with E-state index in [1.165, 1.54) is 34.6 Å². The summed E-state index contributed by atoms with van der Waals surface area (Å²) >= 11 is 16.6. The van der Waals surface area contributed by atoms with Gasteiger partial charge in [0.15, 0.2) is 57.5 Å². The Morgan fingerprint density at radius 2 is 0.644 bits per heavy atom. The average molecular weight is 2050 g/mol. The van der Waals surface area contributed by atoms with E-state index >= 15 is 0 Å². The number of hydrogen-bond donors (Lipinski definition) is 4. The van der Waals surface area contributed by atoms with E-state index in [0.29, 0.717) is 134 Å². The molecule has 3 amide bonds. The number of nitrogens with one attached hydrogen (secondary N) is 3. The van der Waals surface area contributed by atoms with Crippen LogP contribution in [0.3, 0.4) is 0 Å². The molecule has 0 bridgehead atoms. The van der Waals surface area contributed by atoms with Gasteiger partial charge in [0.2, 0.25) is 33.9 Å². The van der Waals surface area contributed by atoms with Crippen LogP contribution < -0.4 is 97.6 Å². The van der Waals surface area contributed by atoms with Crippen LogP contribution in [-0.4, -0.2) is 233 Å². The lowest BCUT2D eigenvalue weighted by atomic mass is 10.1. The molecule has 45 heteroatoms. The normalized spacial score (nSPS) is 13.8. The maximum atomic E-state index is 13.3. The number of benzene rings is 5. The summed E-state index contributed by atoms with van der Waals surface area (Å²) in [4.78, 5) is 123. The number of pyridine rings is 2. The number of methoxy groups -OCH3 is 10. The monoisotopic (exact) mass is 2040 g/mol. The zero-order chi connectivity index (χ0) is 103. The van der Waals surface area contributed by atoms with Crippen LogP contribution >= 0.6 is 34.8 Å². The van der Waals surface area contributed by atoms with Crippen molar-refractivity contribution in [3.05, 3.63) is 266 Å². The van der Waals surface area contributed by atoms with Gasteiger partial charge in [-0.3, -0.25) is 19.6 Å². The maximum Gasteiger partial charge on any atom is 0.410 e. The van der Waals surface area contributed by atoms with Gasteiger partial charge in [0.1, 0.15) is 45.9 Å². The molecule has 7 aliphatic rings. The molecule has 13 aromatic rings. The van der Waals surface area contributed by atoms with E-state index in [4.69, 9.17) is 97.3 Å². The van der Waals surface area contributed by atoms with Crippen molar-refractivity contribution in [3.63, 3.8) is 0 Å². The summed E-state index contributed by atoms with van der Waals surface area (Å²) in [6, 6.07) is 36.0. The van der Waals surface area contributed by atoms with Crippen molar-refractivity contribution in [3.8, 4) is 63.6 Å². The van der Waals surface area contributed by atoms with Crippen LogP contribution in [0.15, 0.2) is 171 Å². The van der Waals surface area contributed by atoms with Gasteiger partial charge in [0.25, 0.3) is 11.8 Å². The molecule has 5 aromatic carbocycles. The van der Waals surface area contributed by atoms with Crippen molar-refractivity contribution in [1.29, 1.82) is 5.26 Å². The minimum Gasteiger partial charge on any atom is -0.493 e. The standard InChI is InChI=1S/C29H35N7O5.C24H27N7O3.C15H14N4O2.C15H15N3O4.C14H14ClN3O2.C4H2Cl2N2/c1-29(2,3)41-28(38)35-12-10-34(11-13-35)22-6-8-30-16-21(22)32-27(37)26-31-9-7-25(33-26)36-17-19-14-23(39-4)24(40-5)15-20(19)18-36;1-33-20-11-16-14-31(15-17(16)12-21(20)34-2)22-4-6-27-23(29-22)24(32)28-18-13-26-5-3-19(18)30-9-7-25-8-10-30;1-20-12-5-10-8-19(9-11(10)6-13(12)21-2)15-3-4-17-14(7-16)18-15;1-21-11-5-9-7-18(8-10(9)6-12(11)22-2)13-3-4-16-14(17-13)15(19)20;1-19-11-5-9-7-18(8-10(9)6-12(11)20-2)13-3-4-16-14(15)17-13;5-3-1-2-7-4(6)8-3/h6-9,14-16H,10-13,17-18H2,1-5H3,(H,32,37);3-6,11-13,25H,7-10,14-15H2,1-2H3,(H,28,32);3-6H,8-9H2,1-2H3;3-6H,7-8H2,1-2H3,(H,19,20);3-6H,7-8H2,1-2H3;1-2H. The third kappa shape index (κ3) is 25.6. The Hall–Kier alpha value is -16.5. The molecular weight excluding hydrogens is 1940 g/mol. The Morgan fingerprint density at radius 1 is 0.356 bits per heavy atom. The van der Waals surface area contributed by atoms with Gasteiger partial charge >= 0.3 is 12.1 Å². The van der Waals surface area contributed by atoms with Gasteiger partial charge in [-0.2, -0.15) is 5.26 Å². The molecule has 42 nitrogen and oxygen atoms in total. The number of ether oxygens (including phenoxy) is 11. The predicted octanol–water partition coefficient (Wildman–Crippen LogP) is 13.8. The zero-order valence-electron chi connectivity index (χ0n) is 82.4. The second kappa shape index (κ2) is 48.0. The number of amides is 3. The molecular formula is C101H107Cl3N26O16. The molecule has 4 N–H and O–H groups in total. The fourth-order valence-corrected chi connectivity index (χ4v) is 17.4. The predicted molar refractivity (Wildman–Crippen MR) is 546 cm³/mol. The van der Waals surface area contributed by atoms with E-state index in [0.717, 1.165) is 132 Å². The van der Waals surface area contributed by atoms with Crippen LogP contribution in [0.2, 0.25) is 15.7 Å². The lowest BCUT2D eigenvalue weighted by Gasteiger charge is -2.37. The number of rotatable bonds is 22. The zero-order valence-corrected chi connectivity index (χ0v) is 84.7. The number of fused-ring (bicyclic) bond motifs is 5. The molecule has 146 heavy (non-hydrogen) atoms. The lowest BCUT2D eigenvalue weighted by Crippen LogP contribution is -2.50. The average Bonchev–Trinajstić information content (AvgIpc) is 1.64. The number of nitrogens with zero attached hydrogens (tertiary/aromatic N) is 23. The first-order valence-electron chi connectivity index (χ1n) is 45.9. The van der Waals surface area contributed by atoms with Gasteiger partial charge in [-0.25, -0.2) is 69.4 Å². The molecule has 8 aromatic heterocycles. The summed E-state index contributed by atoms with van der Waals surface area (Å²) in [6.07, 6.45) is 15.8. The van der Waals surface area contributed by atoms with E-state index in [1.807, 2.05) is 117 Å². The highest BCUT2D eigenvalue weighted by Gasteiger charge is 2.33. The van der Waals surface area contributed by atoms with Crippen molar-refractivity contribution in [2.45, 2.75) is 91.8 Å². The molecule has 2 saturated heterocycles. The van der Waals surface area contributed by atoms with Gasteiger partial charge < -0.3 is 112 Å². The van der Waals surface area contributed by atoms with Crippen LogP contribution in [0.5, 0.6) is 57.5 Å². The summed E-state index contributed by atoms with van der Waals surface area (Å²) in [5.41, 5.74) is 13.9. The maximum absolute atomic E-state index is 13.3. The molecule has 20 rings (SSSR count). The number of carboxylic acids is 1. The molecule has 0 radical (unpaired) electrons. The SMILES string of the molecule is COc1cc2c(cc1OC)CN(c1ccnc(C#N)n1)C2.COc1cc2c(cc1OC)CN(c1ccnc(C(=O)Nc3cnccc3N3CCN(C(=O)OC(C)(C)C)CC3)n1)C2.COc1cc2c(cc1OC)CN(c1ccnc(C(=O)Nc3cnccc3N3CCNCC3)n1)C2.COc1cc2c(cc1OC)CN(c1ccnc(C(=O)O)n1)C2.COc1cc2c(cc1OC)CN(c1ccnc(Cl)n1)C2.Clc1ccnc(Cl)n1. The number of halogens is 3. The third-order valence-electron chi connectivity index (χ3n) is 24.0. The number of nitriles is 1. The highest BCUT2D eigenvalue weighted by Crippen LogP contribution is 2.43.